The number of pyridine rings is 1. The minimum absolute atomic E-state index is 0.690. The summed E-state index contributed by atoms with van der Waals surface area (Å²) in [5, 5.41) is 0. The number of hydrogen-bond donors (Lipinski definition) is 0. The Hall–Kier alpha value is -1.03. The van der Waals surface area contributed by atoms with E-state index in [4.69, 9.17) is 23.2 Å². The lowest BCUT2D eigenvalue weighted by Crippen LogP contribution is -1.94. The van der Waals surface area contributed by atoms with Gasteiger partial charge in [-0.2, -0.15) is 0 Å². The average Bonchev–Trinajstić information content (AvgIpc) is 2.81. The summed E-state index contributed by atoms with van der Waals surface area (Å²) in [5.74, 6) is 0. The van der Waals surface area contributed by atoms with Crippen LogP contribution in [0.5, 0.6) is 0 Å². The van der Waals surface area contributed by atoms with Crippen LogP contribution in [-0.2, 0) is 0 Å². The fourth-order valence-electron chi connectivity index (χ4n) is 2.18. The zero-order valence-corrected chi connectivity index (χ0v) is 12.2. The minimum atomic E-state index is 0.690. The van der Waals surface area contributed by atoms with Crippen LogP contribution in [0.1, 0.15) is 11.3 Å². The largest absolute Gasteiger partial charge is 0.297 e. The number of thiophene rings is 1. The predicted octanol–water partition coefficient (Wildman–Crippen LogP) is 4.99. The van der Waals surface area contributed by atoms with E-state index in [9.17, 15) is 0 Å². The van der Waals surface area contributed by atoms with E-state index >= 15 is 0 Å². The van der Waals surface area contributed by atoms with Crippen molar-refractivity contribution in [2.24, 2.45) is 0 Å². The summed E-state index contributed by atoms with van der Waals surface area (Å²) in [6, 6.07) is 6.07. The van der Waals surface area contributed by atoms with Crippen molar-refractivity contribution in [1.82, 2.24) is 9.38 Å². The number of halogens is 2. The highest BCUT2D eigenvalue weighted by Crippen LogP contribution is 2.38. The Morgan fingerprint density at radius 3 is 2.61 bits per heavy atom. The summed E-state index contributed by atoms with van der Waals surface area (Å²) in [7, 11) is 0. The molecular weight excluding hydrogens is 287 g/mol. The molecule has 5 heteroatoms. The maximum atomic E-state index is 6.21. The molecule has 3 rings (SSSR count). The molecule has 0 amide bonds. The first-order chi connectivity index (χ1) is 8.56. The molecular formula is C13H10Cl2N2S. The van der Waals surface area contributed by atoms with Gasteiger partial charge in [-0.25, -0.2) is 4.98 Å². The van der Waals surface area contributed by atoms with Crippen LogP contribution in [0.15, 0.2) is 24.4 Å². The van der Waals surface area contributed by atoms with E-state index in [-0.39, 0.29) is 0 Å². The lowest BCUT2D eigenvalue weighted by atomic mass is 10.2. The van der Waals surface area contributed by atoms with Gasteiger partial charge in [0.2, 0.25) is 0 Å². The van der Waals surface area contributed by atoms with E-state index in [2.05, 4.69) is 35.4 Å². The Labute approximate surface area is 119 Å². The molecule has 0 unspecified atom stereocenters. The van der Waals surface area contributed by atoms with Crippen molar-refractivity contribution in [3.63, 3.8) is 0 Å². The van der Waals surface area contributed by atoms with E-state index in [0.717, 1.165) is 22.6 Å². The molecule has 0 aliphatic carbocycles. The molecule has 3 heterocycles. The zero-order chi connectivity index (χ0) is 12.9. The van der Waals surface area contributed by atoms with Gasteiger partial charge >= 0.3 is 0 Å². The Morgan fingerprint density at radius 1 is 1.17 bits per heavy atom. The van der Waals surface area contributed by atoms with Crippen molar-refractivity contribution in [1.29, 1.82) is 0 Å². The first kappa shape index (κ1) is 12.0. The number of fused-ring (bicyclic) bond motifs is 1. The van der Waals surface area contributed by atoms with Gasteiger partial charge in [0.25, 0.3) is 0 Å². The molecule has 0 aliphatic rings. The molecule has 0 saturated carbocycles. The van der Waals surface area contributed by atoms with Crippen molar-refractivity contribution in [3.8, 4) is 11.3 Å². The molecule has 0 N–H and O–H groups in total. The second-order valence-corrected chi connectivity index (χ2v) is 6.53. The zero-order valence-electron chi connectivity index (χ0n) is 9.87. The number of imidazole rings is 1. The maximum Gasteiger partial charge on any atom is 0.137 e. The second kappa shape index (κ2) is 4.26. The van der Waals surface area contributed by atoms with Gasteiger partial charge in [0.15, 0.2) is 0 Å². The predicted molar refractivity (Wildman–Crippen MR) is 78.0 cm³/mol. The monoisotopic (exact) mass is 296 g/mol. The molecule has 0 atom stereocenters. The highest BCUT2D eigenvalue weighted by atomic mass is 35.5. The van der Waals surface area contributed by atoms with Crippen molar-refractivity contribution in [2.45, 2.75) is 13.8 Å². The van der Waals surface area contributed by atoms with E-state index < -0.39 is 0 Å². The van der Waals surface area contributed by atoms with Crippen molar-refractivity contribution in [3.05, 3.63) is 44.3 Å². The Kier molecular flexibility index (Phi) is 2.85. The first-order valence-corrected chi connectivity index (χ1v) is 7.03. The fraction of sp³-hybridized carbons (Fsp3) is 0.154. The molecule has 18 heavy (non-hydrogen) atoms. The van der Waals surface area contributed by atoms with Crippen molar-refractivity contribution < 1.29 is 0 Å². The normalized spacial score (nSPS) is 11.3. The summed E-state index contributed by atoms with van der Waals surface area (Å²) in [5.41, 5.74) is 5.19. The lowest BCUT2D eigenvalue weighted by Gasteiger charge is -2.05. The van der Waals surface area contributed by atoms with Gasteiger partial charge in [-0.15, -0.1) is 11.3 Å². The molecule has 0 spiro atoms. The van der Waals surface area contributed by atoms with Crippen LogP contribution in [0.3, 0.4) is 0 Å². The van der Waals surface area contributed by atoms with Gasteiger partial charge in [-0.05, 0) is 37.6 Å². The molecule has 0 saturated heterocycles. The number of aromatic nitrogens is 2. The standard InChI is InChI=1S/C13H10Cl2N2S/c1-7-3-8(2)17-10(6-16-12(17)4-7)9-5-11(14)18-13(9)15/h3-6H,1-2H3. The second-order valence-electron chi connectivity index (χ2n) is 4.25. The molecule has 3 aromatic rings. The first-order valence-electron chi connectivity index (χ1n) is 5.46. The van der Waals surface area contributed by atoms with Gasteiger partial charge < -0.3 is 0 Å². The summed E-state index contributed by atoms with van der Waals surface area (Å²) in [6.45, 7) is 4.13. The van der Waals surface area contributed by atoms with E-state index in [1.54, 1.807) is 0 Å². The van der Waals surface area contributed by atoms with Crippen LogP contribution < -0.4 is 0 Å². The highest BCUT2D eigenvalue weighted by Gasteiger charge is 2.14. The van der Waals surface area contributed by atoms with Crippen molar-refractivity contribution in [2.75, 3.05) is 0 Å². The maximum absolute atomic E-state index is 6.21. The topological polar surface area (TPSA) is 17.3 Å². The van der Waals surface area contributed by atoms with Gasteiger partial charge in [0.1, 0.15) is 9.98 Å². The molecule has 92 valence electrons. The number of rotatable bonds is 1. The number of nitrogens with zero attached hydrogens (tertiary/aromatic N) is 2. The smallest absolute Gasteiger partial charge is 0.137 e. The highest BCUT2D eigenvalue weighted by molar-refractivity contribution is 7.20. The van der Waals surface area contributed by atoms with Crippen LogP contribution >= 0.6 is 34.5 Å². The van der Waals surface area contributed by atoms with Crippen LogP contribution in [0.25, 0.3) is 16.9 Å². The molecule has 0 aromatic carbocycles. The van der Waals surface area contributed by atoms with Crippen LogP contribution in [0.4, 0.5) is 0 Å². The number of hydrogen-bond acceptors (Lipinski definition) is 2. The minimum Gasteiger partial charge on any atom is -0.297 e. The summed E-state index contributed by atoms with van der Waals surface area (Å²) in [6.07, 6.45) is 1.84. The third-order valence-electron chi connectivity index (χ3n) is 2.87. The molecule has 0 fully saturated rings. The Bertz CT molecular complexity index is 743. The van der Waals surface area contributed by atoms with Gasteiger partial charge in [-0.1, -0.05) is 23.2 Å². The SMILES string of the molecule is Cc1cc(C)n2c(-c3cc(Cl)sc3Cl)cnc2c1. The van der Waals surface area contributed by atoms with Crippen LogP contribution in [0, 0.1) is 13.8 Å². The van der Waals surface area contributed by atoms with Crippen LogP contribution in [0.2, 0.25) is 8.67 Å². The van der Waals surface area contributed by atoms with Gasteiger partial charge in [0.05, 0.1) is 16.2 Å². The Morgan fingerprint density at radius 2 is 1.94 bits per heavy atom. The van der Waals surface area contributed by atoms with Gasteiger partial charge in [-0.3, -0.25) is 4.40 Å². The lowest BCUT2D eigenvalue weighted by molar-refractivity contribution is 1.09. The third-order valence-corrected chi connectivity index (χ3v) is 4.36. The fourth-order valence-corrected chi connectivity index (χ4v) is 3.66. The van der Waals surface area contributed by atoms with E-state index in [1.165, 1.54) is 16.9 Å². The summed E-state index contributed by atoms with van der Waals surface area (Å²) in [4.78, 5) is 4.43. The third kappa shape index (κ3) is 1.83. The summed E-state index contributed by atoms with van der Waals surface area (Å²) < 4.78 is 3.48. The molecule has 0 aliphatic heterocycles. The molecule has 0 radical (unpaired) electrons. The Balaban J connectivity index is 2.34. The molecule has 0 bridgehead atoms. The average molecular weight is 297 g/mol. The van der Waals surface area contributed by atoms with Gasteiger partial charge in [0, 0.05) is 11.3 Å². The summed E-state index contributed by atoms with van der Waals surface area (Å²) >= 11 is 13.6. The quantitative estimate of drug-likeness (QED) is 0.618. The van der Waals surface area contributed by atoms with E-state index in [0.29, 0.717) is 8.67 Å². The molecule has 3 aromatic heterocycles. The molecule has 2 nitrogen and oxygen atoms in total. The van der Waals surface area contributed by atoms with Crippen molar-refractivity contribution >= 4 is 40.2 Å². The van der Waals surface area contributed by atoms with E-state index in [1.807, 2.05) is 12.3 Å². The number of aryl methyl sites for hydroxylation is 2. The van der Waals surface area contributed by atoms with Crippen LogP contribution in [-0.4, -0.2) is 9.38 Å².